The zero-order chi connectivity index (χ0) is 15.8. The van der Waals surface area contributed by atoms with E-state index in [1.54, 1.807) is 16.7 Å². The average Bonchev–Trinajstić information content (AvgIpc) is 2.49. The van der Waals surface area contributed by atoms with E-state index in [4.69, 9.17) is 0 Å². The van der Waals surface area contributed by atoms with Crippen LogP contribution < -0.4 is 0 Å². The number of rotatable bonds is 7. The zero-order valence-corrected chi connectivity index (χ0v) is 13.9. The molecule has 1 amide bonds. The van der Waals surface area contributed by atoms with Crippen molar-refractivity contribution in [1.82, 2.24) is 4.90 Å². The lowest BCUT2D eigenvalue weighted by molar-refractivity contribution is -0.147. The molecule has 0 aromatic heterocycles. The molecule has 0 heterocycles. The van der Waals surface area contributed by atoms with Crippen LogP contribution in [0.2, 0.25) is 0 Å². The molecule has 0 spiro atoms. The highest BCUT2D eigenvalue weighted by Gasteiger charge is 2.25. The minimum absolute atomic E-state index is 0.00321. The van der Waals surface area contributed by atoms with Gasteiger partial charge in [-0.15, -0.1) is 11.8 Å². The molecule has 1 rings (SSSR count). The first-order valence-corrected chi connectivity index (χ1v) is 8.03. The van der Waals surface area contributed by atoms with Crippen molar-refractivity contribution >= 4 is 23.6 Å². The number of hydrogen-bond acceptors (Lipinski definition) is 4. The number of benzene rings is 1. The van der Waals surface area contributed by atoms with Crippen molar-refractivity contribution in [3.05, 3.63) is 35.9 Å². The Bertz CT molecular complexity index is 462. The molecule has 21 heavy (non-hydrogen) atoms. The van der Waals surface area contributed by atoms with Crippen LogP contribution in [0, 0.1) is 0 Å². The summed E-state index contributed by atoms with van der Waals surface area (Å²) in [5.41, 5.74) is 1.19. The Morgan fingerprint density at radius 1 is 1.19 bits per heavy atom. The smallest absolute Gasteiger partial charge is 0.325 e. The first-order chi connectivity index (χ1) is 9.95. The Balaban J connectivity index is 2.59. The summed E-state index contributed by atoms with van der Waals surface area (Å²) in [6.07, 6.45) is 0. The number of ether oxygens (including phenoxy) is 1. The van der Waals surface area contributed by atoms with E-state index in [1.807, 2.05) is 51.1 Å². The number of methoxy groups -OCH3 is 1. The van der Waals surface area contributed by atoms with Crippen LogP contribution in [0.1, 0.15) is 26.3 Å². The Labute approximate surface area is 130 Å². The van der Waals surface area contributed by atoms with Crippen molar-refractivity contribution in [2.75, 3.05) is 13.7 Å². The van der Waals surface area contributed by atoms with Gasteiger partial charge in [-0.05, 0) is 26.3 Å². The van der Waals surface area contributed by atoms with Gasteiger partial charge in [0.1, 0.15) is 6.54 Å². The van der Waals surface area contributed by atoms with Crippen LogP contribution in [-0.2, 0) is 20.1 Å². The van der Waals surface area contributed by atoms with Crippen LogP contribution in [0.3, 0.4) is 0 Å². The lowest BCUT2D eigenvalue weighted by Crippen LogP contribution is -2.44. The van der Waals surface area contributed by atoms with E-state index in [2.05, 4.69) is 4.74 Å². The standard InChI is InChI=1S/C16H23NO3S/c1-12(2)17(10-15(18)20-4)16(19)13(3)21-11-14-8-6-5-7-9-14/h5-9,12-13H,10-11H2,1-4H3/t13-/m0/s1. The molecular formula is C16H23NO3S. The molecule has 4 nitrogen and oxygen atoms in total. The quantitative estimate of drug-likeness (QED) is 0.727. The van der Waals surface area contributed by atoms with Crippen molar-refractivity contribution in [2.24, 2.45) is 0 Å². The second-order valence-corrected chi connectivity index (χ2v) is 6.40. The first kappa shape index (κ1) is 17.6. The van der Waals surface area contributed by atoms with E-state index in [0.29, 0.717) is 0 Å². The number of amides is 1. The zero-order valence-electron chi connectivity index (χ0n) is 13.0. The van der Waals surface area contributed by atoms with Gasteiger partial charge in [-0.25, -0.2) is 0 Å². The fraction of sp³-hybridized carbons (Fsp3) is 0.500. The van der Waals surface area contributed by atoms with E-state index >= 15 is 0 Å². The van der Waals surface area contributed by atoms with Crippen molar-refractivity contribution in [3.63, 3.8) is 0 Å². The Morgan fingerprint density at radius 3 is 2.33 bits per heavy atom. The van der Waals surface area contributed by atoms with Crippen LogP contribution in [-0.4, -0.2) is 41.7 Å². The minimum Gasteiger partial charge on any atom is -0.468 e. The summed E-state index contributed by atoms with van der Waals surface area (Å²) in [5, 5.41) is -0.197. The molecule has 0 aliphatic rings. The molecule has 0 radical (unpaired) electrons. The van der Waals surface area contributed by atoms with Gasteiger partial charge in [0.05, 0.1) is 12.4 Å². The average molecular weight is 309 g/mol. The third-order valence-corrected chi connectivity index (χ3v) is 4.33. The van der Waals surface area contributed by atoms with E-state index in [-0.39, 0.29) is 23.7 Å². The molecule has 5 heteroatoms. The van der Waals surface area contributed by atoms with Gasteiger partial charge in [0.25, 0.3) is 0 Å². The molecule has 1 aromatic rings. The number of hydrogen-bond donors (Lipinski definition) is 0. The number of thioether (sulfide) groups is 1. The molecule has 0 saturated heterocycles. The topological polar surface area (TPSA) is 46.6 Å². The molecule has 1 atom stereocenters. The molecule has 0 aliphatic heterocycles. The van der Waals surface area contributed by atoms with Crippen molar-refractivity contribution in [1.29, 1.82) is 0 Å². The normalized spacial score (nSPS) is 12.0. The SMILES string of the molecule is COC(=O)CN(C(=O)[C@H](C)SCc1ccccc1)C(C)C. The number of esters is 1. The van der Waals surface area contributed by atoms with Crippen LogP contribution in [0.15, 0.2) is 30.3 Å². The molecule has 0 bridgehead atoms. The first-order valence-electron chi connectivity index (χ1n) is 6.98. The van der Waals surface area contributed by atoms with Gasteiger partial charge in [-0.2, -0.15) is 0 Å². The second kappa shape index (κ2) is 8.72. The predicted octanol–water partition coefficient (Wildman–Crippen LogP) is 2.72. The Kier molecular flexibility index (Phi) is 7.29. The fourth-order valence-electron chi connectivity index (χ4n) is 1.82. The Morgan fingerprint density at radius 2 is 1.81 bits per heavy atom. The van der Waals surface area contributed by atoms with Crippen molar-refractivity contribution < 1.29 is 14.3 Å². The summed E-state index contributed by atoms with van der Waals surface area (Å²) < 4.78 is 4.65. The van der Waals surface area contributed by atoms with Crippen LogP contribution in [0.25, 0.3) is 0 Å². The maximum atomic E-state index is 12.5. The van der Waals surface area contributed by atoms with Crippen LogP contribution >= 0.6 is 11.8 Å². The number of nitrogens with zero attached hydrogens (tertiary/aromatic N) is 1. The molecule has 0 fully saturated rings. The summed E-state index contributed by atoms with van der Waals surface area (Å²) in [7, 11) is 1.33. The van der Waals surface area contributed by atoms with Gasteiger partial charge in [-0.1, -0.05) is 30.3 Å². The van der Waals surface area contributed by atoms with E-state index < -0.39 is 5.97 Å². The number of carbonyl (C=O) groups is 2. The largest absolute Gasteiger partial charge is 0.468 e. The van der Waals surface area contributed by atoms with Gasteiger partial charge in [-0.3, -0.25) is 9.59 Å². The van der Waals surface area contributed by atoms with Crippen LogP contribution in [0.4, 0.5) is 0 Å². The van der Waals surface area contributed by atoms with Crippen molar-refractivity contribution in [2.45, 2.75) is 37.8 Å². The highest BCUT2D eigenvalue weighted by Crippen LogP contribution is 2.20. The lowest BCUT2D eigenvalue weighted by atomic mass is 10.2. The van der Waals surface area contributed by atoms with Gasteiger partial charge >= 0.3 is 5.97 Å². The summed E-state index contributed by atoms with van der Waals surface area (Å²) in [5.74, 6) is 0.353. The lowest BCUT2D eigenvalue weighted by Gasteiger charge is -2.28. The number of carbonyl (C=O) groups excluding carboxylic acids is 2. The molecule has 0 aliphatic carbocycles. The van der Waals surface area contributed by atoms with Crippen LogP contribution in [0.5, 0.6) is 0 Å². The van der Waals surface area contributed by atoms with E-state index in [9.17, 15) is 9.59 Å². The van der Waals surface area contributed by atoms with Crippen molar-refractivity contribution in [3.8, 4) is 0 Å². The monoisotopic (exact) mass is 309 g/mol. The summed E-state index contributed by atoms with van der Waals surface area (Å²) >= 11 is 1.57. The predicted molar refractivity (Wildman–Crippen MR) is 86.1 cm³/mol. The maximum Gasteiger partial charge on any atom is 0.325 e. The van der Waals surface area contributed by atoms with E-state index in [1.165, 1.54) is 12.7 Å². The summed E-state index contributed by atoms with van der Waals surface area (Å²) in [6, 6.07) is 9.99. The van der Waals surface area contributed by atoms with Gasteiger partial charge < -0.3 is 9.64 Å². The highest BCUT2D eigenvalue weighted by atomic mass is 32.2. The molecular weight excluding hydrogens is 286 g/mol. The fourth-order valence-corrected chi connectivity index (χ4v) is 2.73. The molecule has 0 N–H and O–H groups in total. The molecule has 0 unspecified atom stereocenters. The highest BCUT2D eigenvalue weighted by molar-refractivity contribution is 7.99. The maximum absolute atomic E-state index is 12.5. The second-order valence-electron chi connectivity index (χ2n) is 5.07. The summed E-state index contributed by atoms with van der Waals surface area (Å²) in [4.78, 5) is 25.4. The van der Waals surface area contributed by atoms with Gasteiger partial charge in [0, 0.05) is 11.8 Å². The molecule has 1 aromatic carbocycles. The van der Waals surface area contributed by atoms with Gasteiger partial charge in [0.2, 0.25) is 5.91 Å². The minimum atomic E-state index is -0.391. The third kappa shape index (κ3) is 5.79. The van der Waals surface area contributed by atoms with E-state index in [0.717, 1.165) is 5.75 Å². The molecule has 116 valence electrons. The molecule has 0 saturated carbocycles. The van der Waals surface area contributed by atoms with Gasteiger partial charge in [0.15, 0.2) is 0 Å². The Hall–Kier alpha value is -1.49. The summed E-state index contributed by atoms with van der Waals surface area (Å²) in [6.45, 7) is 5.68. The third-order valence-electron chi connectivity index (χ3n) is 3.12.